The fourth-order valence-electron chi connectivity index (χ4n) is 1.36. The van der Waals surface area contributed by atoms with E-state index in [2.05, 4.69) is 0 Å². The molecule has 0 amide bonds. The minimum absolute atomic E-state index is 0.000602. The summed E-state index contributed by atoms with van der Waals surface area (Å²) in [7, 11) is 0. The third-order valence-electron chi connectivity index (χ3n) is 2.39. The topological polar surface area (TPSA) is 89.3 Å². The van der Waals surface area contributed by atoms with E-state index < -0.39 is 17.9 Å². The van der Waals surface area contributed by atoms with Crippen LogP contribution < -0.4 is 11.5 Å². The molecule has 0 saturated heterocycles. The number of nitrogens with two attached hydrogens (primary N) is 2. The molecule has 0 aromatic rings. The van der Waals surface area contributed by atoms with Gasteiger partial charge in [-0.15, -0.1) is 0 Å². The maximum atomic E-state index is 12.7. The highest BCUT2D eigenvalue weighted by molar-refractivity contribution is 5.83. The summed E-state index contributed by atoms with van der Waals surface area (Å²) in [5.41, 5.74) is 7.89. The highest BCUT2D eigenvalue weighted by atomic mass is 19.3. The summed E-state index contributed by atoms with van der Waals surface area (Å²) in [6.45, 7) is 1.87. The smallest absolute Gasteiger partial charge is 0.334 e. The van der Waals surface area contributed by atoms with E-state index >= 15 is 0 Å². The van der Waals surface area contributed by atoms with Crippen LogP contribution in [-0.4, -0.2) is 29.6 Å². The monoisotopic (exact) mass is 236 g/mol. The van der Waals surface area contributed by atoms with E-state index in [9.17, 15) is 13.6 Å². The summed E-state index contributed by atoms with van der Waals surface area (Å²) >= 11 is 0. The summed E-state index contributed by atoms with van der Waals surface area (Å²) in [6.07, 6.45) is -0.290. The summed E-state index contributed by atoms with van der Waals surface area (Å²) in [4.78, 5) is 10.9. The first kappa shape index (κ1) is 15.0. The van der Waals surface area contributed by atoms with Crippen LogP contribution in [0, 0.1) is 0 Å². The van der Waals surface area contributed by atoms with Crippen LogP contribution in [-0.2, 0) is 4.79 Å². The number of carboxylic acids is 1. The van der Waals surface area contributed by atoms with Crippen molar-refractivity contribution in [2.75, 3.05) is 6.54 Å². The standard InChI is InChI=1S/C10H18F2N2O2/c1-2-3-4-7(5-6-13)10(14,8(11)12)9(15)16/h5,8H,2-4,6,13-14H2,1H3,(H,15,16). The van der Waals surface area contributed by atoms with Crippen molar-refractivity contribution in [3.63, 3.8) is 0 Å². The molecule has 0 aliphatic heterocycles. The van der Waals surface area contributed by atoms with Gasteiger partial charge in [-0.3, -0.25) is 0 Å². The van der Waals surface area contributed by atoms with E-state index in [-0.39, 0.29) is 18.5 Å². The second-order valence-electron chi connectivity index (χ2n) is 3.54. The van der Waals surface area contributed by atoms with Gasteiger partial charge in [-0.1, -0.05) is 19.4 Å². The van der Waals surface area contributed by atoms with Gasteiger partial charge in [0.2, 0.25) is 0 Å². The number of hydrogen-bond donors (Lipinski definition) is 3. The van der Waals surface area contributed by atoms with E-state index in [1.54, 1.807) is 0 Å². The van der Waals surface area contributed by atoms with Crippen LogP contribution in [0.25, 0.3) is 0 Å². The molecule has 0 aromatic carbocycles. The van der Waals surface area contributed by atoms with Crippen molar-refractivity contribution in [1.82, 2.24) is 0 Å². The lowest BCUT2D eigenvalue weighted by atomic mass is 9.87. The van der Waals surface area contributed by atoms with E-state index in [0.717, 1.165) is 6.42 Å². The first-order chi connectivity index (χ1) is 7.41. The highest BCUT2D eigenvalue weighted by Crippen LogP contribution is 2.26. The second kappa shape index (κ2) is 6.55. The van der Waals surface area contributed by atoms with Gasteiger partial charge >= 0.3 is 5.97 Å². The largest absolute Gasteiger partial charge is 0.479 e. The van der Waals surface area contributed by atoms with Crippen molar-refractivity contribution in [1.29, 1.82) is 0 Å². The summed E-state index contributed by atoms with van der Waals surface area (Å²) in [5.74, 6) is -1.72. The first-order valence-electron chi connectivity index (χ1n) is 5.11. The Hall–Kier alpha value is -1.01. The Morgan fingerprint density at radius 3 is 2.44 bits per heavy atom. The molecule has 4 nitrogen and oxygen atoms in total. The minimum Gasteiger partial charge on any atom is -0.479 e. The van der Waals surface area contributed by atoms with Crippen molar-refractivity contribution in [2.45, 2.75) is 38.2 Å². The molecule has 0 saturated carbocycles. The SMILES string of the molecule is CCCCC(=CCN)C(N)(C(=O)O)C(F)F. The molecule has 0 radical (unpaired) electrons. The molecule has 6 heteroatoms. The van der Waals surface area contributed by atoms with Gasteiger partial charge in [0.15, 0.2) is 5.54 Å². The maximum Gasteiger partial charge on any atom is 0.334 e. The minimum atomic E-state index is -3.15. The Bertz CT molecular complexity index is 270. The third-order valence-corrected chi connectivity index (χ3v) is 2.39. The van der Waals surface area contributed by atoms with E-state index in [1.807, 2.05) is 6.92 Å². The van der Waals surface area contributed by atoms with Gasteiger partial charge in [-0.05, 0) is 18.4 Å². The summed E-state index contributed by atoms with van der Waals surface area (Å²) in [6, 6.07) is 0. The van der Waals surface area contributed by atoms with Crippen molar-refractivity contribution >= 4 is 5.97 Å². The fraction of sp³-hybridized carbons (Fsp3) is 0.700. The lowest BCUT2D eigenvalue weighted by Gasteiger charge is -2.27. The fourth-order valence-corrected chi connectivity index (χ4v) is 1.36. The number of rotatable bonds is 7. The Kier molecular flexibility index (Phi) is 6.13. The molecule has 94 valence electrons. The highest BCUT2D eigenvalue weighted by Gasteiger charge is 2.46. The third kappa shape index (κ3) is 3.24. The van der Waals surface area contributed by atoms with Gasteiger partial charge in [-0.2, -0.15) is 0 Å². The Labute approximate surface area is 93.3 Å². The van der Waals surface area contributed by atoms with Gasteiger partial charge in [0.25, 0.3) is 6.43 Å². The average Bonchev–Trinajstić information content (AvgIpc) is 2.22. The van der Waals surface area contributed by atoms with Crippen LogP contribution in [0.4, 0.5) is 8.78 Å². The predicted molar refractivity (Wildman–Crippen MR) is 57.2 cm³/mol. The molecule has 0 aliphatic rings. The van der Waals surface area contributed by atoms with Crippen LogP contribution in [0.2, 0.25) is 0 Å². The molecular formula is C10H18F2N2O2. The molecular weight excluding hydrogens is 218 g/mol. The van der Waals surface area contributed by atoms with Crippen LogP contribution in [0.3, 0.4) is 0 Å². The zero-order valence-corrected chi connectivity index (χ0v) is 9.25. The Morgan fingerprint density at radius 2 is 2.12 bits per heavy atom. The van der Waals surface area contributed by atoms with Crippen molar-refractivity contribution in [3.8, 4) is 0 Å². The predicted octanol–water partition coefficient (Wildman–Crippen LogP) is 1.11. The van der Waals surface area contributed by atoms with Gasteiger partial charge < -0.3 is 16.6 Å². The molecule has 1 atom stereocenters. The molecule has 1 unspecified atom stereocenters. The number of unbranched alkanes of at least 4 members (excludes halogenated alkanes) is 1. The van der Waals surface area contributed by atoms with Crippen LogP contribution in [0.15, 0.2) is 11.6 Å². The molecule has 0 aliphatic carbocycles. The zero-order valence-electron chi connectivity index (χ0n) is 9.25. The van der Waals surface area contributed by atoms with Gasteiger partial charge in [0.05, 0.1) is 0 Å². The zero-order chi connectivity index (χ0) is 12.8. The maximum absolute atomic E-state index is 12.7. The van der Waals surface area contributed by atoms with Crippen molar-refractivity contribution < 1.29 is 18.7 Å². The molecule has 0 aromatic heterocycles. The Morgan fingerprint density at radius 1 is 1.56 bits per heavy atom. The lowest BCUT2D eigenvalue weighted by molar-refractivity contribution is -0.147. The number of carbonyl (C=O) groups is 1. The molecule has 0 rings (SSSR count). The molecule has 0 bridgehead atoms. The number of hydrogen-bond acceptors (Lipinski definition) is 3. The second-order valence-corrected chi connectivity index (χ2v) is 3.54. The molecule has 16 heavy (non-hydrogen) atoms. The van der Waals surface area contributed by atoms with Crippen LogP contribution >= 0.6 is 0 Å². The van der Waals surface area contributed by atoms with Gasteiger partial charge in [0, 0.05) is 6.54 Å². The molecule has 5 N–H and O–H groups in total. The number of aliphatic carboxylic acids is 1. The van der Waals surface area contributed by atoms with E-state index in [0.29, 0.717) is 6.42 Å². The van der Waals surface area contributed by atoms with Gasteiger partial charge in [-0.25, -0.2) is 13.6 Å². The number of halogens is 2. The summed E-state index contributed by atoms with van der Waals surface area (Å²) < 4.78 is 25.5. The summed E-state index contributed by atoms with van der Waals surface area (Å²) in [5, 5.41) is 8.81. The average molecular weight is 236 g/mol. The van der Waals surface area contributed by atoms with Crippen molar-refractivity contribution in [2.24, 2.45) is 11.5 Å². The van der Waals surface area contributed by atoms with E-state index in [4.69, 9.17) is 16.6 Å². The quantitative estimate of drug-likeness (QED) is 0.577. The molecule has 0 spiro atoms. The normalized spacial score (nSPS) is 16.2. The van der Waals surface area contributed by atoms with Gasteiger partial charge in [0.1, 0.15) is 0 Å². The lowest BCUT2D eigenvalue weighted by Crippen LogP contribution is -2.56. The van der Waals surface area contributed by atoms with Crippen molar-refractivity contribution in [3.05, 3.63) is 11.6 Å². The van der Waals surface area contributed by atoms with E-state index in [1.165, 1.54) is 6.08 Å². The number of carboxylic acid groups (broad SMARTS) is 1. The van der Waals surface area contributed by atoms with Crippen LogP contribution in [0.1, 0.15) is 26.2 Å². The molecule has 0 heterocycles. The first-order valence-corrected chi connectivity index (χ1v) is 5.11. The molecule has 0 fully saturated rings. The Balaban J connectivity index is 5.11. The van der Waals surface area contributed by atoms with Crippen LogP contribution in [0.5, 0.6) is 0 Å². The number of alkyl halides is 2.